The van der Waals surface area contributed by atoms with Crippen LogP contribution in [0.3, 0.4) is 0 Å². The molecule has 1 aromatic heterocycles. The van der Waals surface area contributed by atoms with Gasteiger partial charge in [0.25, 0.3) is 5.91 Å². The molecule has 0 radical (unpaired) electrons. The zero-order valence-electron chi connectivity index (χ0n) is 29.6. The topological polar surface area (TPSA) is 209 Å². The van der Waals surface area contributed by atoms with Crippen LogP contribution in [0.25, 0.3) is 0 Å². The van der Waals surface area contributed by atoms with Gasteiger partial charge in [0.2, 0.25) is 0 Å². The summed E-state index contributed by atoms with van der Waals surface area (Å²) in [5.41, 5.74) is 1.36. The molecule has 0 aliphatic rings. The summed E-state index contributed by atoms with van der Waals surface area (Å²) in [5.74, 6) is -0.235. The van der Waals surface area contributed by atoms with Gasteiger partial charge in [-0.05, 0) is 57.5 Å². The number of hydrogen-bond donors (Lipinski definition) is 2. The van der Waals surface area contributed by atoms with Gasteiger partial charge in [-0.15, -0.1) is 0 Å². The average Bonchev–Trinajstić information content (AvgIpc) is 3.03. The van der Waals surface area contributed by atoms with E-state index >= 15 is 0 Å². The molecule has 2 rings (SSSR count). The summed E-state index contributed by atoms with van der Waals surface area (Å²) in [5, 5.41) is 11.4. The molecule has 0 aliphatic heterocycles. The number of anilines is 1. The van der Waals surface area contributed by atoms with Gasteiger partial charge >= 0.3 is 25.0 Å². The molecular weight excluding hydrogens is 637 g/mol. The second-order valence-corrected chi connectivity index (χ2v) is 11.1. The van der Waals surface area contributed by atoms with Crippen molar-refractivity contribution >= 4 is 17.7 Å². The van der Waals surface area contributed by atoms with Crippen LogP contribution in [0.2, 0.25) is 0 Å². The molecule has 0 aliphatic carbocycles. The number of nitrogens with one attached hydrogen (secondary N) is 1. The van der Waals surface area contributed by atoms with Crippen molar-refractivity contribution < 1.29 is 77.7 Å². The van der Waals surface area contributed by atoms with Gasteiger partial charge in [-0.1, -0.05) is 12.1 Å². The van der Waals surface area contributed by atoms with Crippen LogP contribution < -0.4 is 24.2 Å². The Kier molecular flexibility index (Phi) is 28.8. The number of amides is 2. The number of aromatic nitrogens is 1. The molecule has 0 spiro atoms. The molecule has 0 unspecified atom stereocenters. The number of hydrogen-bond acceptors (Lipinski definition) is 12. The normalized spacial score (nSPS) is 11.4. The summed E-state index contributed by atoms with van der Waals surface area (Å²) in [6.45, 7) is 12.7. The van der Waals surface area contributed by atoms with Crippen molar-refractivity contribution in [3.63, 3.8) is 0 Å². The van der Waals surface area contributed by atoms with Crippen molar-refractivity contribution in [3.05, 3.63) is 59.9 Å². The molecule has 1 aromatic carbocycles. The van der Waals surface area contributed by atoms with E-state index in [1.54, 1.807) is 41.6 Å². The molecule has 1 heterocycles. The smallest absolute Gasteiger partial charge is 0.870 e. The van der Waals surface area contributed by atoms with Gasteiger partial charge in [-0.2, -0.15) is 0 Å². The fraction of sp³-hybridized carbons (Fsp3) is 0.606. The Morgan fingerprint density at radius 2 is 1.18 bits per heavy atom. The van der Waals surface area contributed by atoms with Crippen LogP contribution in [0.4, 0.5) is 10.5 Å². The Labute approximate surface area is 301 Å². The number of aliphatic hydroxyl groups excluding tert-OH is 1. The minimum Gasteiger partial charge on any atom is -0.870 e. The summed E-state index contributed by atoms with van der Waals surface area (Å²) in [6.07, 6.45) is 2.77. The first-order chi connectivity index (χ1) is 22.2. The minimum atomic E-state index is -0.655. The molecule has 0 fully saturated rings. The van der Waals surface area contributed by atoms with Crippen LogP contribution in [-0.4, -0.2) is 136 Å². The zero-order valence-corrected chi connectivity index (χ0v) is 29.6. The van der Waals surface area contributed by atoms with Gasteiger partial charge < -0.3 is 54.5 Å². The van der Waals surface area contributed by atoms with E-state index in [1.165, 1.54) is 0 Å². The number of benzene rings is 1. The summed E-state index contributed by atoms with van der Waals surface area (Å²) in [4.78, 5) is 31.3. The van der Waals surface area contributed by atoms with Crippen molar-refractivity contribution in [2.75, 3.05) is 97.8 Å². The summed E-state index contributed by atoms with van der Waals surface area (Å²) >= 11 is 0. The molecule has 0 saturated carbocycles. The number of ether oxygens (including phenoxy) is 7. The number of pyridine rings is 1. The van der Waals surface area contributed by atoms with Crippen LogP contribution in [0.1, 0.15) is 49.7 Å². The van der Waals surface area contributed by atoms with Crippen LogP contribution >= 0.6 is 0 Å². The molecule has 274 valence electrons. The van der Waals surface area contributed by atoms with Gasteiger partial charge in [0.15, 0.2) is 0 Å². The third-order valence-corrected chi connectivity index (χ3v) is 6.26. The number of aliphatic hydroxyl groups is 1. The maximum absolute atomic E-state index is 13.1. The minimum absolute atomic E-state index is 0. The van der Waals surface area contributed by atoms with Crippen LogP contribution in [0.15, 0.2) is 48.8 Å². The number of rotatable bonds is 24. The molecule has 15 nitrogen and oxygen atoms in total. The molecule has 49 heavy (non-hydrogen) atoms. The van der Waals surface area contributed by atoms with Crippen molar-refractivity contribution in [1.29, 1.82) is 0 Å². The number of nitrogens with zero attached hydrogens (tertiary/aromatic N) is 2. The Bertz CT molecular complexity index is 1090. The maximum atomic E-state index is 13.1. The standard InChI is InChI=1S/C33H51N3O10.Li.2H2O/c1-27(28-5-7-29(8-6-28)31(38)35-30-9-11-34-12-10-30)36(32(39)46-33(2,3)4)13-15-40-17-19-42-21-23-44-25-26-45-24-22-43-20-18-41-16-14-37;;;/h5-12,27,37H,13-26H2,1-4H3,(H,34,35,38);;2*1H2/q;+1;;/p-1/t27-;;;/m1.../s1. The van der Waals surface area contributed by atoms with E-state index in [-0.39, 0.29) is 48.4 Å². The molecule has 16 heteroatoms. The second kappa shape index (κ2) is 29.1. The first-order valence-electron chi connectivity index (χ1n) is 15.6. The quantitative estimate of drug-likeness (QED) is 0.108. The van der Waals surface area contributed by atoms with E-state index in [2.05, 4.69) is 10.3 Å². The molecule has 1 atom stereocenters. The summed E-state index contributed by atoms with van der Waals surface area (Å²) in [6, 6.07) is 10.2. The van der Waals surface area contributed by atoms with E-state index in [1.807, 2.05) is 39.8 Å². The SMILES string of the molecule is C[C@H](c1ccc(C(=O)Nc2ccncc2)cc1)N(CCOCCOCCOCCOCCOCCOCCO)C(=O)OC(C)(C)C.O.[Li+].[OH-]. The van der Waals surface area contributed by atoms with Crippen LogP contribution in [-0.2, 0) is 33.2 Å². The molecule has 2 amide bonds. The van der Waals surface area contributed by atoms with E-state index in [4.69, 9.17) is 38.3 Å². The van der Waals surface area contributed by atoms with Crippen molar-refractivity contribution in [1.82, 2.24) is 9.88 Å². The van der Waals surface area contributed by atoms with E-state index in [9.17, 15) is 9.59 Å². The van der Waals surface area contributed by atoms with Crippen LogP contribution in [0, 0.1) is 0 Å². The Hall–Kier alpha value is -2.65. The largest absolute Gasteiger partial charge is 1.00 e. The molecular formula is C33H54LiN3O12. The summed E-state index contributed by atoms with van der Waals surface area (Å²) in [7, 11) is 0. The number of carbonyl (C=O) groups is 2. The zero-order chi connectivity index (χ0) is 33.5. The predicted octanol–water partition coefficient (Wildman–Crippen LogP) is -0.274. The average molecular weight is 692 g/mol. The van der Waals surface area contributed by atoms with Gasteiger partial charge in [0, 0.05) is 30.2 Å². The third kappa shape index (κ3) is 22.6. The van der Waals surface area contributed by atoms with E-state index in [0.717, 1.165) is 5.56 Å². The first kappa shape index (κ1) is 48.5. The first-order valence-corrected chi connectivity index (χ1v) is 15.6. The molecule has 0 saturated heterocycles. The molecule has 0 bridgehead atoms. The molecule has 2 aromatic rings. The van der Waals surface area contributed by atoms with Crippen molar-refractivity contribution in [2.45, 2.75) is 39.3 Å². The van der Waals surface area contributed by atoms with E-state index in [0.29, 0.717) is 97.1 Å². The van der Waals surface area contributed by atoms with Gasteiger partial charge in [0.05, 0.1) is 91.9 Å². The van der Waals surface area contributed by atoms with Crippen molar-refractivity contribution in [2.24, 2.45) is 0 Å². The summed E-state index contributed by atoms with van der Waals surface area (Å²) < 4.78 is 38.3. The van der Waals surface area contributed by atoms with Crippen LogP contribution in [0.5, 0.6) is 0 Å². The van der Waals surface area contributed by atoms with E-state index < -0.39 is 11.7 Å². The Morgan fingerprint density at radius 1 is 0.755 bits per heavy atom. The maximum Gasteiger partial charge on any atom is 1.00 e. The second-order valence-electron chi connectivity index (χ2n) is 11.1. The van der Waals surface area contributed by atoms with Gasteiger partial charge in [-0.25, -0.2) is 4.79 Å². The number of carbonyl (C=O) groups excluding carboxylic acids is 2. The van der Waals surface area contributed by atoms with Gasteiger partial charge in [-0.3, -0.25) is 14.7 Å². The monoisotopic (exact) mass is 691 g/mol. The molecule has 5 N–H and O–H groups in total. The fourth-order valence-electron chi connectivity index (χ4n) is 3.92. The Balaban J connectivity index is 0. The third-order valence-electron chi connectivity index (χ3n) is 6.26. The van der Waals surface area contributed by atoms with Gasteiger partial charge in [0.1, 0.15) is 5.60 Å². The Morgan fingerprint density at radius 3 is 1.61 bits per heavy atom. The fourth-order valence-corrected chi connectivity index (χ4v) is 3.92. The van der Waals surface area contributed by atoms with Crippen molar-refractivity contribution in [3.8, 4) is 0 Å². The predicted molar refractivity (Wildman–Crippen MR) is 178 cm³/mol.